The van der Waals surface area contributed by atoms with Gasteiger partial charge in [-0.05, 0) is 46.5 Å². The van der Waals surface area contributed by atoms with Crippen molar-refractivity contribution >= 4 is 18.7 Å². The van der Waals surface area contributed by atoms with Gasteiger partial charge in [-0.25, -0.2) is 0 Å². The molecule has 0 aliphatic carbocycles. The molecule has 0 fully saturated rings. The molecule has 0 amide bonds. The summed E-state index contributed by atoms with van der Waals surface area (Å²) in [6, 6.07) is 26.9. The number of phenols is 1. The number of rotatable bonds is 7. The largest absolute Gasteiger partial charge is 0.504 e. The molecule has 0 bridgehead atoms. The Morgan fingerprint density at radius 1 is 0.867 bits per heavy atom. The molecule has 30 heavy (non-hydrogen) atoms. The molecule has 0 radical (unpaired) electrons. The first-order chi connectivity index (χ1) is 14.3. The van der Waals surface area contributed by atoms with Crippen LogP contribution in [0.3, 0.4) is 0 Å². The highest BCUT2D eigenvalue weighted by atomic mass is 28.4. The fraction of sp³-hybridized carbons (Fsp3) is 0.308. The first kappa shape index (κ1) is 22.1. The van der Waals surface area contributed by atoms with Gasteiger partial charge in [-0.3, -0.25) is 0 Å². The van der Waals surface area contributed by atoms with Gasteiger partial charge in [0.05, 0.1) is 7.11 Å². The van der Waals surface area contributed by atoms with Crippen LogP contribution in [0.4, 0.5) is 0 Å². The zero-order valence-electron chi connectivity index (χ0n) is 18.6. The molecule has 0 aliphatic heterocycles. The second-order valence-corrected chi connectivity index (χ2v) is 13.1. The van der Waals surface area contributed by atoms with Gasteiger partial charge in [0.25, 0.3) is 8.32 Å². The molecular formula is C26H32O3Si. The highest BCUT2D eigenvalue weighted by Crippen LogP contribution is 2.38. The van der Waals surface area contributed by atoms with Gasteiger partial charge in [0.15, 0.2) is 11.5 Å². The van der Waals surface area contributed by atoms with E-state index in [-0.39, 0.29) is 16.9 Å². The molecule has 3 rings (SSSR count). The van der Waals surface area contributed by atoms with E-state index in [1.165, 1.54) is 10.4 Å². The Morgan fingerprint density at radius 2 is 1.40 bits per heavy atom. The van der Waals surface area contributed by atoms with Crippen molar-refractivity contribution in [1.82, 2.24) is 0 Å². The van der Waals surface area contributed by atoms with Crippen molar-refractivity contribution in [2.24, 2.45) is 0 Å². The van der Waals surface area contributed by atoms with Crippen LogP contribution in [0.25, 0.3) is 0 Å². The minimum absolute atomic E-state index is 0.00875. The molecule has 1 N–H and O–H groups in total. The molecule has 0 heterocycles. The third kappa shape index (κ3) is 4.45. The Kier molecular flexibility index (Phi) is 6.69. The summed E-state index contributed by atoms with van der Waals surface area (Å²) in [4.78, 5) is 0. The normalized spacial score (nSPS) is 13.1. The van der Waals surface area contributed by atoms with Gasteiger partial charge in [0.2, 0.25) is 0 Å². The van der Waals surface area contributed by atoms with Gasteiger partial charge in [0.1, 0.15) is 0 Å². The first-order valence-electron chi connectivity index (χ1n) is 10.4. The Hall–Kier alpha value is -2.56. The van der Waals surface area contributed by atoms with E-state index in [0.29, 0.717) is 5.75 Å². The van der Waals surface area contributed by atoms with Crippen LogP contribution in [0.5, 0.6) is 11.5 Å². The van der Waals surface area contributed by atoms with Gasteiger partial charge in [-0.15, -0.1) is 0 Å². The van der Waals surface area contributed by atoms with Crippen LogP contribution in [-0.2, 0) is 10.8 Å². The lowest BCUT2D eigenvalue weighted by Gasteiger charge is -2.44. The zero-order valence-corrected chi connectivity index (χ0v) is 19.6. The lowest BCUT2D eigenvalue weighted by Crippen LogP contribution is -2.67. The molecule has 0 saturated heterocycles. The molecule has 1 unspecified atom stereocenters. The molecule has 1 atom stereocenters. The molecule has 0 spiro atoms. The molecule has 4 heteroatoms. The fourth-order valence-electron chi connectivity index (χ4n) is 4.22. The number of benzene rings is 3. The van der Waals surface area contributed by atoms with Crippen molar-refractivity contribution in [2.45, 2.75) is 45.3 Å². The number of ether oxygens (including phenoxy) is 1. The van der Waals surface area contributed by atoms with Crippen LogP contribution in [0.2, 0.25) is 5.04 Å². The molecule has 0 aliphatic rings. The summed E-state index contributed by atoms with van der Waals surface area (Å²) in [5, 5.41) is 12.4. The van der Waals surface area contributed by atoms with Crippen LogP contribution in [0.1, 0.15) is 33.3 Å². The predicted octanol–water partition coefficient (Wildman–Crippen LogP) is 4.91. The van der Waals surface area contributed by atoms with Crippen molar-refractivity contribution in [3.8, 4) is 11.5 Å². The topological polar surface area (TPSA) is 38.7 Å². The van der Waals surface area contributed by atoms with Crippen LogP contribution >= 0.6 is 0 Å². The van der Waals surface area contributed by atoms with Crippen molar-refractivity contribution < 1.29 is 14.3 Å². The maximum atomic E-state index is 9.91. The number of methoxy groups -OCH3 is 1. The number of hydrogen-bond donors (Lipinski definition) is 1. The molecule has 0 aromatic heterocycles. The Morgan fingerprint density at radius 3 is 1.87 bits per heavy atom. The average molecular weight is 421 g/mol. The van der Waals surface area contributed by atoms with E-state index >= 15 is 0 Å². The van der Waals surface area contributed by atoms with E-state index in [2.05, 4.69) is 88.4 Å². The third-order valence-corrected chi connectivity index (χ3v) is 10.7. The maximum absolute atomic E-state index is 9.91. The quantitative estimate of drug-likeness (QED) is 0.552. The molecule has 158 valence electrons. The van der Waals surface area contributed by atoms with Crippen molar-refractivity contribution in [3.05, 3.63) is 84.4 Å². The molecule has 3 aromatic carbocycles. The second kappa shape index (κ2) is 9.07. The Balaban J connectivity index is 2.03. The summed E-state index contributed by atoms with van der Waals surface area (Å²) >= 11 is 0. The lowest BCUT2D eigenvalue weighted by atomic mass is 10.1. The highest BCUT2D eigenvalue weighted by Gasteiger charge is 2.50. The van der Waals surface area contributed by atoms with E-state index < -0.39 is 8.32 Å². The fourth-order valence-corrected chi connectivity index (χ4v) is 8.92. The van der Waals surface area contributed by atoms with E-state index in [0.717, 1.165) is 12.0 Å². The Bertz CT molecular complexity index is 910. The number of phenolic OH excluding ortho intramolecular Hbond substituents is 1. The van der Waals surface area contributed by atoms with Gasteiger partial charge in [0, 0.05) is 6.10 Å². The van der Waals surface area contributed by atoms with Crippen molar-refractivity contribution in [1.29, 1.82) is 0 Å². The Labute approximate surface area is 181 Å². The molecule has 0 saturated carbocycles. The van der Waals surface area contributed by atoms with Gasteiger partial charge < -0.3 is 14.3 Å². The molecule has 3 nitrogen and oxygen atoms in total. The summed E-state index contributed by atoms with van der Waals surface area (Å²) in [6.07, 6.45) is 0.728. The van der Waals surface area contributed by atoms with Crippen LogP contribution in [-0.4, -0.2) is 26.6 Å². The van der Waals surface area contributed by atoms with Crippen molar-refractivity contribution in [3.63, 3.8) is 0 Å². The zero-order chi connectivity index (χ0) is 21.8. The maximum Gasteiger partial charge on any atom is 0.261 e. The standard InChI is InChI=1S/C26H32O3Si/c1-20(18-21-16-17-24(27)25(19-21)28-5)29-30(26(2,3)4,22-12-8-6-9-13-22)23-14-10-7-11-15-23/h6-17,19-20,27H,18H2,1-5H3. The van der Waals surface area contributed by atoms with E-state index in [4.69, 9.17) is 9.16 Å². The summed E-state index contributed by atoms with van der Waals surface area (Å²) in [7, 11) is -1.01. The van der Waals surface area contributed by atoms with Gasteiger partial charge in [-0.1, -0.05) is 87.5 Å². The van der Waals surface area contributed by atoms with E-state index in [1.54, 1.807) is 13.2 Å². The van der Waals surface area contributed by atoms with Crippen LogP contribution < -0.4 is 15.1 Å². The highest BCUT2D eigenvalue weighted by molar-refractivity contribution is 6.99. The number of aromatic hydroxyl groups is 1. The molecular weight excluding hydrogens is 388 g/mol. The first-order valence-corrected chi connectivity index (χ1v) is 12.3. The minimum Gasteiger partial charge on any atom is -0.504 e. The lowest BCUT2D eigenvalue weighted by molar-refractivity contribution is 0.206. The van der Waals surface area contributed by atoms with Gasteiger partial charge >= 0.3 is 0 Å². The van der Waals surface area contributed by atoms with E-state index in [1.807, 2.05) is 12.1 Å². The third-order valence-electron chi connectivity index (χ3n) is 5.56. The molecule has 3 aromatic rings. The minimum atomic E-state index is -2.58. The monoisotopic (exact) mass is 420 g/mol. The summed E-state index contributed by atoms with van der Waals surface area (Å²) < 4.78 is 12.4. The van der Waals surface area contributed by atoms with E-state index in [9.17, 15) is 5.11 Å². The summed E-state index contributed by atoms with van der Waals surface area (Å²) in [5.74, 6) is 0.645. The number of hydrogen-bond acceptors (Lipinski definition) is 3. The van der Waals surface area contributed by atoms with Gasteiger partial charge in [-0.2, -0.15) is 0 Å². The average Bonchev–Trinajstić information content (AvgIpc) is 2.73. The van der Waals surface area contributed by atoms with Crippen LogP contribution in [0, 0.1) is 0 Å². The SMILES string of the molecule is COc1cc(CC(C)O[Si](c2ccccc2)(c2ccccc2)C(C)(C)C)ccc1O. The van der Waals surface area contributed by atoms with Crippen molar-refractivity contribution in [2.75, 3.05) is 7.11 Å². The summed E-state index contributed by atoms with van der Waals surface area (Å²) in [6.45, 7) is 9.00. The summed E-state index contributed by atoms with van der Waals surface area (Å²) in [5.41, 5.74) is 1.08. The predicted molar refractivity (Wildman–Crippen MR) is 127 cm³/mol. The van der Waals surface area contributed by atoms with Crippen LogP contribution in [0.15, 0.2) is 78.9 Å². The smallest absolute Gasteiger partial charge is 0.261 e. The second-order valence-electron chi connectivity index (χ2n) is 8.80.